The Hall–Kier alpha value is -0.500. The van der Waals surface area contributed by atoms with E-state index in [0.29, 0.717) is 16.0 Å². The topological polar surface area (TPSA) is 0 Å². The molecule has 0 fully saturated rings. The van der Waals surface area contributed by atoms with E-state index in [4.69, 9.17) is 23.2 Å². The van der Waals surface area contributed by atoms with Crippen LogP contribution in [0.3, 0.4) is 0 Å². The predicted octanol–water partition coefficient (Wildman–Crippen LogP) is 6.68. The summed E-state index contributed by atoms with van der Waals surface area (Å²) in [4.78, 5) is 0.0572. The third kappa shape index (κ3) is 3.78. The van der Waals surface area contributed by atoms with Gasteiger partial charge in [-0.25, -0.2) is 0 Å². The van der Waals surface area contributed by atoms with Gasteiger partial charge in [-0.2, -0.15) is 0 Å². The van der Waals surface area contributed by atoms with Crippen molar-refractivity contribution < 1.29 is 0 Å². The van der Waals surface area contributed by atoms with Gasteiger partial charge in [0.25, 0.3) is 0 Å². The molecule has 0 spiro atoms. The summed E-state index contributed by atoms with van der Waals surface area (Å²) < 4.78 is 0. The van der Waals surface area contributed by atoms with Crippen molar-refractivity contribution in [1.29, 1.82) is 0 Å². The Labute approximate surface area is 139 Å². The molecule has 20 heavy (non-hydrogen) atoms. The van der Waals surface area contributed by atoms with Gasteiger partial charge in [0.15, 0.2) is 0 Å². The predicted molar refractivity (Wildman–Crippen MR) is 92.2 cm³/mol. The summed E-state index contributed by atoms with van der Waals surface area (Å²) in [5, 5.41) is 1.20. The molecule has 0 nitrogen and oxygen atoms in total. The van der Waals surface area contributed by atoms with Crippen LogP contribution in [0.15, 0.2) is 42.5 Å². The first-order chi connectivity index (χ1) is 9.49. The minimum absolute atomic E-state index is 0.0572. The summed E-state index contributed by atoms with van der Waals surface area (Å²) in [6.45, 7) is 4.46. The summed E-state index contributed by atoms with van der Waals surface area (Å²) in [6.07, 6.45) is 1.10. The Morgan fingerprint density at radius 3 is 2.25 bits per heavy atom. The van der Waals surface area contributed by atoms with E-state index < -0.39 is 0 Å². The lowest BCUT2D eigenvalue weighted by atomic mass is 9.99. The molecule has 0 saturated carbocycles. The van der Waals surface area contributed by atoms with Crippen molar-refractivity contribution in [2.45, 2.75) is 25.1 Å². The van der Waals surface area contributed by atoms with Crippen LogP contribution in [0.2, 0.25) is 10.0 Å². The number of benzene rings is 2. The average molecular weight is 372 g/mol. The molecule has 1 unspecified atom stereocenters. The number of hydrogen-bond acceptors (Lipinski definition) is 0. The second-order valence-corrected chi connectivity index (χ2v) is 7.05. The lowest BCUT2D eigenvalue weighted by molar-refractivity contribution is 0.647. The Morgan fingerprint density at radius 2 is 1.65 bits per heavy atom. The van der Waals surface area contributed by atoms with Crippen LogP contribution in [-0.2, 0) is 6.42 Å². The molecule has 1 atom stereocenters. The van der Waals surface area contributed by atoms with Gasteiger partial charge in [0.2, 0.25) is 0 Å². The smallest absolute Gasteiger partial charge is 0.0659 e. The van der Waals surface area contributed by atoms with Gasteiger partial charge in [-0.1, -0.05) is 89.4 Å². The first-order valence-electron chi connectivity index (χ1n) is 6.66. The molecule has 106 valence electrons. The van der Waals surface area contributed by atoms with Crippen molar-refractivity contribution in [3.8, 4) is 0 Å². The third-order valence-corrected chi connectivity index (χ3v) is 5.03. The van der Waals surface area contributed by atoms with Gasteiger partial charge in [0.05, 0.1) is 14.9 Å². The highest BCUT2D eigenvalue weighted by atomic mass is 79.9. The summed E-state index contributed by atoms with van der Waals surface area (Å²) >= 11 is 16.1. The van der Waals surface area contributed by atoms with E-state index in [1.54, 1.807) is 6.07 Å². The second-order valence-electron chi connectivity index (χ2n) is 5.35. The molecule has 0 aliphatic carbocycles. The number of alkyl halides is 1. The van der Waals surface area contributed by atoms with Crippen LogP contribution in [0.4, 0.5) is 0 Å². The van der Waals surface area contributed by atoms with Gasteiger partial charge in [-0.3, -0.25) is 0 Å². The van der Waals surface area contributed by atoms with Gasteiger partial charge in [0, 0.05) is 0 Å². The number of rotatable bonds is 4. The summed E-state index contributed by atoms with van der Waals surface area (Å²) in [5.41, 5.74) is 3.54. The van der Waals surface area contributed by atoms with Crippen LogP contribution in [0.25, 0.3) is 0 Å². The van der Waals surface area contributed by atoms with E-state index in [1.807, 2.05) is 12.1 Å². The van der Waals surface area contributed by atoms with Crippen LogP contribution in [-0.4, -0.2) is 0 Å². The van der Waals surface area contributed by atoms with Crippen molar-refractivity contribution in [1.82, 2.24) is 0 Å². The first kappa shape index (κ1) is 15.9. The van der Waals surface area contributed by atoms with Crippen molar-refractivity contribution in [2.75, 3.05) is 0 Å². The van der Waals surface area contributed by atoms with E-state index in [0.717, 1.165) is 12.0 Å². The molecule has 3 heteroatoms. The van der Waals surface area contributed by atoms with Gasteiger partial charge >= 0.3 is 0 Å². The number of hydrogen-bond donors (Lipinski definition) is 0. The molecule has 0 N–H and O–H groups in total. The summed E-state index contributed by atoms with van der Waals surface area (Å²) in [5.74, 6) is 0.669. The minimum Gasteiger partial charge on any atom is -0.0827 e. The van der Waals surface area contributed by atoms with Crippen LogP contribution in [0, 0.1) is 5.92 Å². The monoisotopic (exact) mass is 370 g/mol. The molecule has 0 saturated heterocycles. The fourth-order valence-electron chi connectivity index (χ4n) is 2.19. The minimum atomic E-state index is 0.0572. The molecule has 0 bridgehead atoms. The van der Waals surface area contributed by atoms with Gasteiger partial charge < -0.3 is 0 Å². The Morgan fingerprint density at radius 1 is 1.00 bits per heavy atom. The zero-order valence-electron chi connectivity index (χ0n) is 11.5. The fraction of sp³-hybridized carbons (Fsp3) is 0.294. The Bertz CT molecular complexity index is 576. The molecule has 0 aromatic heterocycles. The molecular formula is C17H17BrCl2. The van der Waals surface area contributed by atoms with E-state index >= 15 is 0 Å². The fourth-order valence-corrected chi connectivity index (χ4v) is 3.43. The zero-order valence-corrected chi connectivity index (χ0v) is 14.6. The molecule has 0 aliphatic rings. The van der Waals surface area contributed by atoms with Crippen molar-refractivity contribution >= 4 is 39.1 Å². The van der Waals surface area contributed by atoms with E-state index in [1.165, 1.54) is 11.1 Å². The maximum absolute atomic E-state index is 6.28. The highest BCUT2D eigenvalue weighted by Crippen LogP contribution is 2.38. The molecule has 0 heterocycles. The first-order valence-corrected chi connectivity index (χ1v) is 8.33. The van der Waals surface area contributed by atoms with Crippen LogP contribution in [0.5, 0.6) is 0 Å². The Kier molecular flexibility index (Phi) is 5.54. The van der Waals surface area contributed by atoms with E-state index in [9.17, 15) is 0 Å². The largest absolute Gasteiger partial charge is 0.0827 e. The normalized spacial score (nSPS) is 12.7. The SMILES string of the molecule is CC(C)Cc1ccc(C(Br)c2cccc(Cl)c2Cl)cc1. The third-order valence-electron chi connectivity index (χ3n) is 3.17. The van der Waals surface area contributed by atoms with Gasteiger partial charge in [0.1, 0.15) is 0 Å². The van der Waals surface area contributed by atoms with Crippen molar-refractivity contribution in [3.63, 3.8) is 0 Å². The molecule has 0 radical (unpaired) electrons. The molecule has 2 aromatic rings. The van der Waals surface area contributed by atoms with Crippen molar-refractivity contribution in [3.05, 3.63) is 69.2 Å². The quantitative estimate of drug-likeness (QED) is 0.526. The molecule has 2 aromatic carbocycles. The lowest BCUT2D eigenvalue weighted by Gasteiger charge is -2.14. The zero-order chi connectivity index (χ0) is 14.7. The van der Waals surface area contributed by atoms with Crippen molar-refractivity contribution in [2.24, 2.45) is 5.92 Å². The molecular weight excluding hydrogens is 355 g/mol. The molecule has 2 rings (SSSR count). The maximum Gasteiger partial charge on any atom is 0.0659 e. The van der Waals surface area contributed by atoms with Gasteiger partial charge in [-0.05, 0) is 35.1 Å². The van der Waals surface area contributed by atoms with Crippen LogP contribution in [0.1, 0.15) is 35.4 Å². The summed E-state index contributed by atoms with van der Waals surface area (Å²) in [7, 11) is 0. The number of halogens is 3. The van der Waals surface area contributed by atoms with E-state index in [-0.39, 0.29) is 4.83 Å². The van der Waals surface area contributed by atoms with Gasteiger partial charge in [-0.15, -0.1) is 0 Å². The van der Waals surface area contributed by atoms with E-state index in [2.05, 4.69) is 54.0 Å². The molecule has 0 amide bonds. The highest BCUT2D eigenvalue weighted by molar-refractivity contribution is 9.09. The Balaban J connectivity index is 2.25. The maximum atomic E-state index is 6.28. The average Bonchev–Trinajstić information content (AvgIpc) is 2.41. The summed E-state index contributed by atoms with van der Waals surface area (Å²) in [6, 6.07) is 14.4. The second kappa shape index (κ2) is 6.98. The van der Waals surface area contributed by atoms with Crippen LogP contribution < -0.4 is 0 Å². The molecule has 0 aliphatic heterocycles. The standard InChI is InChI=1S/C17H17BrCl2/c1-11(2)10-12-6-8-13(9-7-12)16(18)14-4-3-5-15(19)17(14)20/h3-9,11,16H,10H2,1-2H3. The highest BCUT2D eigenvalue weighted by Gasteiger charge is 2.15. The lowest BCUT2D eigenvalue weighted by Crippen LogP contribution is -1.97. The van der Waals surface area contributed by atoms with Crippen LogP contribution >= 0.6 is 39.1 Å².